The molecule has 3 N–H and O–H groups in total. The zero-order chi connectivity index (χ0) is 17.7. The third-order valence-electron chi connectivity index (χ3n) is 4.89. The number of carbonyl (C=O) groups is 1. The van der Waals surface area contributed by atoms with E-state index in [4.69, 9.17) is 10.5 Å². The van der Waals surface area contributed by atoms with Gasteiger partial charge >= 0.3 is 0 Å². The lowest BCUT2D eigenvalue weighted by atomic mass is 9.96. The molecule has 140 valence electrons. The van der Waals surface area contributed by atoms with Crippen molar-refractivity contribution in [3.8, 4) is 16.9 Å². The van der Waals surface area contributed by atoms with E-state index in [0.717, 1.165) is 29.7 Å². The van der Waals surface area contributed by atoms with Crippen LogP contribution < -0.4 is 15.8 Å². The van der Waals surface area contributed by atoms with Gasteiger partial charge in [0.25, 0.3) is 0 Å². The van der Waals surface area contributed by atoms with Crippen LogP contribution in [0, 0.1) is 5.92 Å². The van der Waals surface area contributed by atoms with Gasteiger partial charge in [-0.2, -0.15) is 0 Å². The van der Waals surface area contributed by atoms with Crippen LogP contribution in [0.5, 0.6) is 5.75 Å². The van der Waals surface area contributed by atoms with Crippen molar-refractivity contribution in [2.45, 2.75) is 31.7 Å². The summed E-state index contributed by atoms with van der Waals surface area (Å²) in [7, 11) is 0. The Kier molecular flexibility index (Phi) is 7.06. The van der Waals surface area contributed by atoms with Crippen molar-refractivity contribution in [2.75, 3.05) is 13.2 Å². The van der Waals surface area contributed by atoms with Gasteiger partial charge in [0.1, 0.15) is 5.75 Å². The van der Waals surface area contributed by atoms with Gasteiger partial charge in [0.05, 0.1) is 18.6 Å². The topological polar surface area (TPSA) is 64.3 Å². The van der Waals surface area contributed by atoms with Crippen molar-refractivity contribution in [3.63, 3.8) is 0 Å². The summed E-state index contributed by atoms with van der Waals surface area (Å²) in [6, 6.07) is 18.0. The Labute approximate surface area is 161 Å². The van der Waals surface area contributed by atoms with E-state index < -0.39 is 0 Å². The predicted octanol–water partition coefficient (Wildman–Crippen LogP) is 3.79. The normalized spacial score (nSPS) is 15.5. The first-order valence-corrected chi connectivity index (χ1v) is 8.91. The highest BCUT2D eigenvalue weighted by Crippen LogP contribution is 2.39. The Morgan fingerprint density at radius 3 is 2.46 bits per heavy atom. The highest BCUT2D eigenvalue weighted by molar-refractivity contribution is 5.85. The number of hydrogen-bond acceptors (Lipinski definition) is 3. The first-order chi connectivity index (χ1) is 12.1. The van der Waals surface area contributed by atoms with Gasteiger partial charge in [-0.05, 0) is 37.3 Å². The standard InChI is InChI=1S/C21H26N2O2.ClH/c1-21(15-22,17-11-12-17)23-20(24)13-14-25-19-10-6-5-9-18(19)16-7-3-2-4-8-16;/h2-10,17H,11-15,22H2,1H3,(H,23,24);1H. The number of rotatable bonds is 8. The maximum Gasteiger partial charge on any atom is 0.223 e. The minimum Gasteiger partial charge on any atom is -0.492 e. The molecule has 5 heteroatoms. The van der Waals surface area contributed by atoms with Crippen molar-refractivity contribution in [1.29, 1.82) is 0 Å². The summed E-state index contributed by atoms with van der Waals surface area (Å²) < 4.78 is 5.89. The van der Waals surface area contributed by atoms with Crippen LogP contribution >= 0.6 is 12.4 Å². The molecule has 2 aromatic carbocycles. The lowest BCUT2D eigenvalue weighted by Gasteiger charge is -2.29. The van der Waals surface area contributed by atoms with E-state index in [1.165, 1.54) is 0 Å². The van der Waals surface area contributed by atoms with E-state index in [0.29, 0.717) is 25.5 Å². The zero-order valence-corrected chi connectivity index (χ0v) is 15.9. The lowest BCUT2D eigenvalue weighted by Crippen LogP contribution is -2.53. The van der Waals surface area contributed by atoms with E-state index in [1.807, 2.05) is 49.4 Å². The Morgan fingerprint density at radius 2 is 1.81 bits per heavy atom. The number of halogens is 1. The monoisotopic (exact) mass is 374 g/mol. The second-order valence-electron chi connectivity index (χ2n) is 6.90. The van der Waals surface area contributed by atoms with Crippen molar-refractivity contribution in [2.24, 2.45) is 11.7 Å². The molecular formula is C21H27ClN2O2. The number of ether oxygens (including phenoxy) is 1. The molecule has 3 rings (SSSR count). The van der Waals surface area contributed by atoms with Crippen molar-refractivity contribution < 1.29 is 9.53 Å². The van der Waals surface area contributed by atoms with Gasteiger partial charge in [-0.15, -0.1) is 12.4 Å². The van der Waals surface area contributed by atoms with Crippen LogP contribution in [0.2, 0.25) is 0 Å². The summed E-state index contributed by atoms with van der Waals surface area (Å²) >= 11 is 0. The highest BCUT2D eigenvalue weighted by atomic mass is 35.5. The molecular weight excluding hydrogens is 348 g/mol. The van der Waals surface area contributed by atoms with E-state index in [1.54, 1.807) is 0 Å². The van der Waals surface area contributed by atoms with Gasteiger partial charge in [0.2, 0.25) is 5.91 Å². The number of nitrogens with one attached hydrogen (secondary N) is 1. The quantitative estimate of drug-likeness (QED) is 0.738. The van der Waals surface area contributed by atoms with E-state index in [-0.39, 0.29) is 23.9 Å². The Balaban J connectivity index is 0.00000243. The van der Waals surface area contributed by atoms with Gasteiger partial charge < -0.3 is 15.8 Å². The molecule has 1 saturated carbocycles. The van der Waals surface area contributed by atoms with Gasteiger partial charge in [0, 0.05) is 12.1 Å². The number of amides is 1. The van der Waals surface area contributed by atoms with Crippen LogP contribution in [0.1, 0.15) is 26.2 Å². The molecule has 1 fully saturated rings. The van der Waals surface area contributed by atoms with Gasteiger partial charge in [-0.3, -0.25) is 4.79 Å². The largest absolute Gasteiger partial charge is 0.492 e. The zero-order valence-electron chi connectivity index (χ0n) is 15.1. The summed E-state index contributed by atoms with van der Waals surface area (Å²) in [4.78, 5) is 12.2. The van der Waals surface area contributed by atoms with Gasteiger partial charge in [-0.25, -0.2) is 0 Å². The minimum absolute atomic E-state index is 0. The molecule has 1 unspecified atom stereocenters. The number of nitrogens with two attached hydrogens (primary N) is 1. The van der Waals surface area contributed by atoms with E-state index in [2.05, 4.69) is 17.4 Å². The van der Waals surface area contributed by atoms with Gasteiger partial charge in [0.15, 0.2) is 0 Å². The number of para-hydroxylation sites is 1. The van der Waals surface area contributed by atoms with Crippen LogP contribution in [0.15, 0.2) is 54.6 Å². The predicted molar refractivity (Wildman–Crippen MR) is 108 cm³/mol. The molecule has 0 spiro atoms. The fraction of sp³-hybridized carbons (Fsp3) is 0.381. The Morgan fingerprint density at radius 1 is 1.15 bits per heavy atom. The van der Waals surface area contributed by atoms with Gasteiger partial charge in [-0.1, -0.05) is 48.5 Å². The first kappa shape index (κ1) is 20.3. The fourth-order valence-electron chi connectivity index (χ4n) is 3.12. The van der Waals surface area contributed by atoms with Crippen LogP contribution in [0.3, 0.4) is 0 Å². The van der Waals surface area contributed by atoms with Crippen LogP contribution in [0.25, 0.3) is 11.1 Å². The molecule has 1 atom stereocenters. The van der Waals surface area contributed by atoms with Crippen molar-refractivity contribution in [3.05, 3.63) is 54.6 Å². The summed E-state index contributed by atoms with van der Waals surface area (Å²) in [5.74, 6) is 1.31. The third kappa shape index (κ3) is 4.99. The fourth-order valence-corrected chi connectivity index (χ4v) is 3.12. The summed E-state index contributed by atoms with van der Waals surface area (Å²) in [6.45, 7) is 2.86. The molecule has 2 aromatic rings. The molecule has 0 aliphatic heterocycles. The molecule has 0 heterocycles. The molecule has 0 saturated heterocycles. The smallest absolute Gasteiger partial charge is 0.223 e. The van der Waals surface area contributed by atoms with Crippen LogP contribution in [0.4, 0.5) is 0 Å². The first-order valence-electron chi connectivity index (χ1n) is 8.91. The van der Waals surface area contributed by atoms with E-state index >= 15 is 0 Å². The van der Waals surface area contributed by atoms with Crippen LogP contribution in [-0.4, -0.2) is 24.6 Å². The second kappa shape index (κ2) is 9.06. The highest BCUT2D eigenvalue weighted by Gasteiger charge is 2.41. The Hall–Kier alpha value is -2.04. The average molecular weight is 375 g/mol. The third-order valence-corrected chi connectivity index (χ3v) is 4.89. The van der Waals surface area contributed by atoms with Crippen molar-refractivity contribution >= 4 is 18.3 Å². The lowest BCUT2D eigenvalue weighted by molar-refractivity contribution is -0.123. The number of hydrogen-bond donors (Lipinski definition) is 2. The molecule has 1 aliphatic rings. The maximum atomic E-state index is 12.2. The SMILES string of the molecule is CC(CN)(NC(=O)CCOc1ccccc1-c1ccccc1)C1CC1.Cl. The molecule has 0 aromatic heterocycles. The van der Waals surface area contributed by atoms with Crippen LogP contribution in [-0.2, 0) is 4.79 Å². The second-order valence-corrected chi connectivity index (χ2v) is 6.90. The summed E-state index contributed by atoms with van der Waals surface area (Å²) in [6.07, 6.45) is 2.62. The summed E-state index contributed by atoms with van der Waals surface area (Å²) in [5, 5.41) is 3.09. The number of benzene rings is 2. The molecule has 0 radical (unpaired) electrons. The molecule has 0 bridgehead atoms. The van der Waals surface area contributed by atoms with E-state index in [9.17, 15) is 4.79 Å². The molecule has 1 amide bonds. The summed E-state index contributed by atoms with van der Waals surface area (Å²) in [5.41, 5.74) is 7.71. The van der Waals surface area contributed by atoms with Crippen molar-refractivity contribution in [1.82, 2.24) is 5.32 Å². The maximum absolute atomic E-state index is 12.2. The molecule has 4 nitrogen and oxygen atoms in total. The molecule has 26 heavy (non-hydrogen) atoms. The molecule has 1 aliphatic carbocycles. The minimum atomic E-state index is -0.279. The average Bonchev–Trinajstić information content (AvgIpc) is 3.48. The Bertz CT molecular complexity index is 719. The number of carbonyl (C=O) groups excluding carboxylic acids is 1.